The lowest BCUT2D eigenvalue weighted by atomic mass is 9.86. The Labute approximate surface area is 83.6 Å². The predicted octanol–water partition coefficient (Wildman–Crippen LogP) is 3.17. The third-order valence-electron chi connectivity index (χ3n) is 2.44. The molecule has 0 aliphatic heterocycles. The Morgan fingerprint density at radius 1 is 1.14 bits per heavy atom. The molecule has 0 bridgehead atoms. The lowest BCUT2D eigenvalue weighted by Gasteiger charge is -2.17. The van der Waals surface area contributed by atoms with Crippen LogP contribution < -0.4 is 0 Å². The number of hydrogen-bond donors (Lipinski definition) is 2. The molecule has 74 valence electrons. The number of fused-ring (bicyclic) bond motifs is 1. The number of nitrogens with one attached hydrogen (secondary N) is 1. The Bertz CT molecular complexity index is 463. The summed E-state index contributed by atoms with van der Waals surface area (Å²) in [5, 5.41) is 10.9. The molecule has 2 heteroatoms. The maximum Gasteiger partial charge on any atom is 0.193 e. The van der Waals surface area contributed by atoms with Crippen LogP contribution in [0.3, 0.4) is 0 Å². The average Bonchev–Trinajstić information content (AvgIpc) is 2.38. The summed E-state index contributed by atoms with van der Waals surface area (Å²) in [6.45, 7) is 6.30. The first-order valence-electron chi connectivity index (χ1n) is 4.80. The molecule has 0 spiro atoms. The van der Waals surface area contributed by atoms with E-state index in [2.05, 4.69) is 25.8 Å². The lowest BCUT2D eigenvalue weighted by molar-refractivity contribution is 0.434. The van der Waals surface area contributed by atoms with Crippen molar-refractivity contribution in [1.82, 2.24) is 4.98 Å². The average molecular weight is 189 g/mol. The molecule has 0 atom stereocenters. The molecule has 0 saturated carbocycles. The number of benzene rings is 1. The molecule has 2 aromatic rings. The highest BCUT2D eigenvalue weighted by molar-refractivity contribution is 5.86. The van der Waals surface area contributed by atoms with Gasteiger partial charge in [-0.05, 0) is 11.5 Å². The molecule has 0 aliphatic rings. The van der Waals surface area contributed by atoms with Crippen LogP contribution in [-0.2, 0) is 5.41 Å². The standard InChI is InChI=1S/C12H15NO/c1-12(2,3)10-8-6-4-5-7-9(8)13-11(10)14/h4-7,13-14H,1-3H3. The minimum absolute atomic E-state index is 0.0380. The quantitative estimate of drug-likeness (QED) is 0.656. The van der Waals surface area contributed by atoms with Crippen molar-refractivity contribution in [2.24, 2.45) is 0 Å². The van der Waals surface area contributed by atoms with Gasteiger partial charge >= 0.3 is 0 Å². The highest BCUT2D eigenvalue weighted by Crippen LogP contribution is 2.36. The van der Waals surface area contributed by atoms with Gasteiger partial charge in [0, 0.05) is 16.5 Å². The molecular weight excluding hydrogens is 174 g/mol. The number of aromatic amines is 1. The molecule has 0 fully saturated rings. The molecule has 1 aromatic heterocycles. The SMILES string of the molecule is CC(C)(C)c1c(O)[nH]c2ccccc12. The summed E-state index contributed by atoms with van der Waals surface area (Å²) >= 11 is 0. The second-order valence-corrected chi connectivity index (χ2v) is 4.64. The first-order valence-corrected chi connectivity index (χ1v) is 4.80. The van der Waals surface area contributed by atoms with Crippen LogP contribution in [0.4, 0.5) is 0 Å². The summed E-state index contributed by atoms with van der Waals surface area (Å²) in [5.41, 5.74) is 1.95. The van der Waals surface area contributed by atoms with E-state index in [1.165, 1.54) is 0 Å². The molecule has 2 nitrogen and oxygen atoms in total. The van der Waals surface area contributed by atoms with Gasteiger partial charge in [-0.2, -0.15) is 0 Å². The van der Waals surface area contributed by atoms with Crippen LogP contribution in [0, 0.1) is 0 Å². The van der Waals surface area contributed by atoms with Crippen molar-refractivity contribution in [2.45, 2.75) is 26.2 Å². The summed E-state index contributed by atoms with van der Waals surface area (Å²) < 4.78 is 0. The van der Waals surface area contributed by atoms with Crippen LogP contribution in [0.2, 0.25) is 0 Å². The fraction of sp³-hybridized carbons (Fsp3) is 0.333. The van der Waals surface area contributed by atoms with Crippen molar-refractivity contribution in [3.8, 4) is 5.88 Å². The maximum atomic E-state index is 9.81. The topological polar surface area (TPSA) is 36.0 Å². The van der Waals surface area contributed by atoms with Crippen LogP contribution in [0.1, 0.15) is 26.3 Å². The largest absolute Gasteiger partial charge is 0.494 e. The molecular formula is C12H15NO. The number of hydrogen-bond acceptors (Lipinski definition) is 1. The van der Waals surface area contributed by atoms with Gasteiger partial charge in [0.2, 0.25) is 0 Å². The van der Waals surface area contributed by atoms with E-state index in [-0.39, 0.29) is 5.41 Å². The van der Waals surface area contributed by atoms with Crippen LogP contribution >= 0.6 is 0 Å². The molecule has 0 aliphatic carbocycles. The minimum Gasteiger partial charge on any atom is -0.494 e. The van der Waals surface area contributed by atoms with Crippen LogP contribution in [0.5, 0.6) is 5.88 Å². The van der Waals surface area contributed by atoms with Crippen molar-refractivity contribution in [3.05, 3.63) is 29.8 Å². The van der Waals surface area contributed by atoms with E-state index >= 15 is 0 Å². The van der Waals surface area contributed by atoms with Gasteiger partial charge in [0.1, 0.15) is 0 Å². The zero-order chi connectivity index (χ0) is 10.3. The van der Waals surface area contributed by atoms with Crippen molar-refractivity contribution < 1.29 is 5.11 Å². The molecule has 0 amide bonds. The molecule has 0 radical (unpaired) electrons. The molecule has 14 heavy (non-hydrogen) atoms. The van der Waals surface area contributed by atoms with E-state index < -0.39 is 0 Å². The molecule has 0 saturated heterocycles. The Morgan fingerprint density at radius 2 is 1.79 bits per heavy atom. The number of H-pyrrole nitrogens is 1. The van der Waals surface area contributed by atoms with E-state index in [0.717, 1.165) is 16.5 Å². The van der Waals surface area contributed by atoms with E-state index in [4.69, 9.17) is 0 Å². The maximum absolute atomic E-state index is 9.81. The summed E-state index contributed by atoms with van der Waals surface area (Å²) in [6.07, 6.45) is 0. The smallest absolute Gasteiger partial charge is 0.193 e. The van der Waals surface area contributed by atoms with Crippen LogP contribution in [0.15, 0.2) is 24.3 Å². The molecule has 2 N–H and O–H groups in total. The van der Waals surface area contributed by atoms with Gasteiger partial charge in [0.15, 0.2) is 5.88 Å². The van der Waals surface area contributed by atoms with Gasteiger partial charge in [-0.25, -0.2) is 0 Å². The number of aromatic hydroxyl groups is 1. The molecule has 0 unspecified atom stereocenters. The summed E-state index contributed by atoms with van der Waals surface area (Å²) in [5.74, 6) is 0.290. The fourth-order valence-electron chi connectivity index (χ4n) is 1.89. The van der Waals surface area contributed by atoms with E-state index in [9.17, 15) is 5.11 Å². The number of para-hydroxylation sites is 1. The van der Waals surface area contributed by atoms with Crippen LogP contribution in [0.25, 0.3) is 10.9 Å². The summed E-state index contributed by atoms with van der Waals surface area (Å²) in [7, 11) is 0. The highest BCUT2D eigenvalue weighted by atomic mass is 16.3. The summed E-state index contributed by atoms with van der Waals surface area (Å²) in [4.78, 5) is 2.99. The second-order valence-electron chi connectivity index (χ2n) is 4.64. The van der Waals surface area contributed by atoms with Crippen molar-refractivity contribution in [1.29, 1.82) is 0 Å². The number of aromatic nitrogens is 1. The van der Waals surface area contributed by atoms with Crippen molar-refractivity contribution in [3.63, 3.8) is 0 Å². The predicted molar refractivity (Wildman–Crippen MR) is 58.7 cm³/mol. The third-order valence-corrected chi connectivity index (χ3v) is 2.44. The van der Waals surface area contributed by atoms with Gasteiger partial charge in [-0.3, -0.25) is 0 Å². The van der Waals surface area contributed by atoms with Crippen molar-refractivity contribution in [2.75, 3.05) is 0 Å². The van der Waals surface area contributed by atoms with Gasteiger partial charge in [-0.15, -0.1) is 0 Å². The van der Waals surface area contributed by atoms with E-state index in [1.807, 2.05) is 24.3 Å². The Balaban J connectivity index is 2.81. The van der Waals surface area contributed by atoms with Gasteiger partial charge in [0.05, 0.1) is 0 Å². The summed E-state index contributed by atoms with van der Waals surface area (Å²) in [6, 6.07) is 7.96. The van der Waals surface area contributed by atoms with Gasteiger partial charge < -0.3 is 10.1 Å². The Morgan fingerprint density at radius 3 is 2.43 bits per heavy atom. The molecule has 1 heterocycles. The normalized spacial score (nSPS) is 12.2. The zero-order valence-corrected chi connectivity index (χ0v) is 8.76. The van der Waals surface area contributed by atoms with Gasteiger partial charge in [0.25, 0.3) is 0 Å². The van der Waals surface area contributed by atoms with Gasteiger partial charge in [-0.1, -0.05) is 39.0 Å². The third kappa shape index (κ3) is 1.27. The Hall–Kier alpha value is -1.44. The second kappa shape index (κ2) is 2.77. The van der Waals surface area contributed by atoms with Crippen molar-refractivity contribution >= 4 is 10.9 Å². The fourth-order valence-corrected chi connectivity index (χ4v) is 1.89. The minimum atomic E-state index is -0.0380. The Kier molecular flexibility index (Phi) is 1.81. The molecule has 2 rings (SSSR count). The first kappa shape index (κ1) is 9.13. The molecule has 1 aromatic carbocycles. The highest BCUT2D eigenvalue weighted by Gasteiger charge is 2.22. The lowest BCUT2D eigenvalue weighted by Crippen LogP contribution is -2.10. The van der Waals surface area contributed by atoms with Crippen LogP contribution in [-0.4, -0.2) is 10.1 Å². The monoisotopic (exact) mass is 189 g/mol. The zero-order valence-electron chi connectivity index (χ0n) is 8.76. The number of rotatable bonds is 0. The van der Waals surface area contributed by atoms with E-state index in [1.54, 1.807) is 0 Å². The van der Waals surface area contributed by atoms with E-state index in [0.29, 0.717) is 5.88 Å². The first-order chi connectivity index (χ1) is 6.50.